The van der Waals surface area contributed by atoms with Gasteiger partial charge >= 0.3 is 19.8 Å². The number of phosphoric acid groups is 1. The van der Waals surface area contributed by atoms with Crippen molar-refractivity contribution in [2.24, 2.45) is 5.92 Å². The van der Waals surface area contributed by atoms with Crippen LogP contribution >= 0.6 is 7.82 Å². The first-order chi connectivity index (χ1) is 25.5. The van der Waals surface area contributed by atoms with E-state index in [1.165, 1.54) is 64.2 Å². The number of hydrogen-bond donors (Lipinski definition) is 3. The molecule has 0 spiro atoms. The molecule has 0 saturated heterocycles. The molecule has 3 atom stereocenters. The quantitative estimate of drug-likeness (QED) is 0.0180. The van der Waals surface area contributed by atoms with Gasteiger partial charge in [-0.1, -0.05) is 142 Å². The second-order valence-corrected chi connectivity index (χ2v) is 16.0. The lowest BCUT2D eigenvalue weighted by Crippen LogP contribution is -2.29. The van der Waals surface area contributed by atoms with Crippen molar-refractivity contribution >= 4 is 25.5 Å². The summed E-state index contributed by atoms with van der Waals surface area (Å²) in [4.78, 5) is 46.9. The predicted molar refractivity (Wildman–Crippen MR) is 210 cm³/mol. The molecule has 0 aliphatic rings. The summed E-state index contributed by atoms with van der Waals surface area (Å²) in [7, 11) is -4.64. The summed E-state index contributed by atoms with van der Waals surface area (Å²) in [5.41, 5.74) is 0. The lowest BCUT2D eigenvalue weighted by molar-refractivity contribution is -0.161. The SMILES string of the molecule is CCCCC/C=C\C=C\C(=O)CCCCCCCC(=O)O[C@H](COC(=O)CCCCCCCCCCCCCC(C)C)COP(=O)(O)OC[C@@H](O)CO. The van der Waals surface area contributed by atoms with Crippen molar-refractivity contribution in [3.8, 4) is 0 Å². The first-order valence-corrected chi connectivity index (χ1v) is 22.1. The van der Waals surface area contributed by atoms with E-state index in [1.807, 2.05) is 6.08 Å². The van der Waals surface area contributed by atoms with Crippen molar-refractivity contribution < 1.29 is 52.6 Å². The van der Waals surface area contributed by atoms with Crippen molar-refractivity contribution in [2.45, 2.75) is 187 Å². The highest BCUT2D eigenvalue weighted by Crippen LogP contribution is 2.43. The van der Waals surface area contributed by atoms with Crippen LogP contribution in [0.25, 0.3) is 0 Å². The third-order valence-electron chi connectivity index (χ3n) is 8.76. The summed E-state index contributed by atoms with van der Waals surface area (Å²) < 4.78 is 32.6. The number of rotatable bonds is 38. The number of aliphatic hydroxyl groups is 2. The van der Waals surface area contributed by atoms with Gasteiger partial charge in [0.15, 0.2) is 11.9 Å². The van der Waals surface area contributed by atoms with Gasteiger partial charge in [-0.25, -0.2) is 4.57 Å². The Morgan fingerprint density at radius 1 is 0.660 bits per heavy atom. The number of hydrogen-bond acceptors (Lipinski definition) is 10. The third-order valence-corrected chi connectivity index (χ3v) is 9.71. The maximum atomic E-state index is 12.6. The van der Waals surface area contributed by atoms with Crippen molar-refractivity contribution in [1.82, 2.24) is 0 Å². The van der Waals surface area contributed by atoms with Crippen LogP contribution in [0.1, 0.15) is 175 Å². The Hall–Kier alpha value is -1.88. The van der Waals surface area contributed by atoms with Crippen LogP contribution in [0.3, 0.4) is 0 Å². The van der Waals surface area contributed by atoms with Crippen molar-refractivity contribution in [1.29, 1.82) is 0 Å². The molecule has 0 bridgehead atoms. The summed E-state index contributed by atoms with van der Waals surface area (Å²) in [5, 5.41) is 18.3. The molecule has 0 aromatic heterocycles. The molecule has 0 radical (unpaired) electrons. The highest BCUT2D eigenvalue weighted by molar-refractivity contribution is 7.47. The zero-order chi connectivity index (χ0) is 39.4. The molecule has 0 aromatic rings. The second-order valence-electron chi connectivity index (χ2n) is 14.5. The normalized spacial score (nSPS) is 14.2. The molecule has 0 aliphatic carbocycles. The minimum absolute atomic E-state index is 0.0993. The lowest BCUT2D eigenvalue weighted by Gasteiger charge is -2.20. The van der Waals surface area contributed by atoms with Gasteiger partial charge in [-0.2, -0.15) is 0 Å². The van der Waals surface area contributed by atoms with E-state index >= 15 is 0 Å². The highest BCUT2D eigenvalue weighted by atomic mass is 31.2. The van der Waals surface area contributed by atoms with Gasteiger partial charge in [-0.05, 0) is 44.1 Å². The molecule has 0 aliphatic heterocycles. The van der Waals surface area contributed by atoms with Crippen LogP contribution in [-0.2, 0) is 37.5 Å². The van der Waals surface area contributed by atoms with Gasteiger partial charge in [0.2, 0.25) is 0 Å². The largest absolute Gasteiger partial charge is 0.472 e. The summed E-state index contributed by atoms with van der Waals surface area (Å²) in [6.07, 6.45) is 28.3. The standard InChI is InChI=1S/C41H75O11P/c1-4-5-6-7-13-18-23-28-37(43)29-24-19-16-21-26-31-41(46)52-39(35-51-53(47,48)50-33-38(44)32-42)34-49-40(45)30-25-20-15-12-10-8-9-11-14-17-22-27-36(2)3/h13,18,23,28,36,38-39,42,44H,4-12,14-17,19-22,24-27,29-35H2,1-3H3,(H,47,48)/b18-13-,28-23+/t38-,39+/m0/s1. The summed E-state index contributed by atoms with van der Waals surface area (Å²) in [6.45, 7) is 4.50. The van der Waals surface area contributed by atoms with E-state index in [1.54, 1.807) is 12.2 Å². The number of allylic oxidation sites excluding steroid dienone is 4. The summed E-state index contributed by atoms with van der Waals surface area (Å²) >= 11 is 0. The molecule has 0 fully saturated rings. The first-order valence-electron chi connectivity index (χ1n) is 20.6. The van der Waals surface area contributed by atoms with Crippen LogP contribution in [0.5, 0.6) is 0 Å². The molecule has 53 heavy (non-hydrogen) atoms. The Balaban J connectivity index is 4.41. The molecule has 1 unspecified atom stereocenters. The number of aliphatic hydroxyl groups excluding tert-OH is 2. The Morgan fingerprint density at radius 3 is 1.75 bits per heavy atom. The molecular formula is C41H75O11P. The van der Waals surface area contributed by atoms with Crippen molar-refractivity contribution in [2.75, 3.05) is 26.4 Å². The zero-order valence-corrected chi connectivity index (χ0v) is 34.3. The van der Waals surface area contributed by atoms with E-state index in [9.17, 15) is 28.9 Å². The van der Waals surface area contributed by atoms with Gasteiger partial charge in [0, 0.05) is 19.3 Å². The van der Waals surface area contributed by atoms with Crippen LogP contribution in [0.2, 0.25) is 0 Å². The van der Waals surface area contributed by atoms with Gasteiger partial charge in [0.1, 0.15) is 12.7 Å². The number of unbranched alkanes of at least 4 members (excludes halogenated alkanes) is 17. The Bertz CT molecular complexity index is 1010. The number of phosphoric ester groups is 1. The summed E-state index contributed by atoms with van der Waals surface area (Å²) in [6, 6.07) is 0. The molecule has 11 nitrogen and oxygen atoms in total. The first kappa shape index (κ1) is 51.1. The molecule has 0 saturated carbocycles. The molecule has 0 aromatic carbocycles. The average Bonchev–Trinajstić information content (AvgIpc) is 3.12. The minimum Gasteiger partial charge on any atom is -0.462 e. The van der Waals surface area contributed by atoms with Gasteiger partial charge in [0.05, 0.1) is 19.8 Å². The molecule has 0 heterocycles. The van der Waals surface area contributed by atoms with Gasteiger partial charge in [0.25, 0.3) is 0 Å². The monoisotopic (exact) mass is 775 g/mol. The maximum Gasteiger partial charge on any atom is 0.472 e. The topological polar surface area (TPSA) is 166 Å². The minimum atomic E-state index is -4.64. The Labute approximate surface area is 321 Å². The molecule has 12 heteroatoms. The van der Waals surface area contributed by atoms with E-state index in [-0.39, 0.29) is 25.2 Å². The molecule has 0 rings (SSSR count). The van der Waals surface area contributed by atoms with E-state index in [0.717, 1.165) is 63.7 Å². The fourth-order valence-corrected chi connectivity index (χ4v) is 6.30. The number of carbonyl (C=O) groups is 3. The van der Waals surface area contributed by atoms with Crippen LogP contribution in [0, 0.1) is 5.92 Å². The van der Waals surface area contributed by atoms with Crippen LogP contribution in [0.15, 0.2) is 24.3 Å². The smallest absolute Gasteiger partial charge is 0.462 e. The molecular weight excluding hydrogens is 699 g/mol. The zero-order valence-electron chi connectivity index (χ0n) is 33.4. The lowest BCUT2D eigenvalue weighted by atomic mass is 10.0. The number of ether oxygens (including phenoxy) is 2. The van der Waals surface area contributed by atoms with E-state index < -0.39 is 51.8 Å². The van der Waals surface area contributed by atoms with Gasteiger partial charge < -0.3 is 24.6 Å². The van der Waals surface area contributed by atoms with Gasteiger partial charge in [-0.15, -0.1) is 0 Å². The number of esters is 2. The van der Waals surface area contributed by atoms with E-state index in [0.29, 0.717) is 19.3 Å². The van der Waals surface area contributed by atoms with Gasteiger partial charge in [-0.3, -0.25) is 23.4 Å². The summed E-state index contributed by atoms with van der Waals surface area (Å²) in [5.74, 6) is -0.122. The fourth-order valence-electron chi connectivity index (χ4n) is 5.51. The second kappa shape index (κ2) is 35.8. The third kappa shape index (κ3) is 36.8. The van der Waals surface area contributed by atoms with Crippen LogP contribution < -0.4 is 0 Å². The van der Waals surface area contributed by atoms with Crippen LogP contribution in [0.4, 0.5) is 0 Å². The van der Waals surface area contributed by atoms with E-state index in [2.05, 4.69) is 31.4 Å². The van der Waals surface area contributed by atoms with Crippen LogP contribution in [-0.4, -0.2) is 71.5 Å². The Morgan fingerprint density at radius 2 is 1.19 bits per heavy atom. The molecule has 3 N–H and O–H groups in total. The van der Waals surface area contributed by atoms with E-state index in [4.69, 9.17) is 19.1 Å². The molecule has 310 valence electrons. The predicted octanol–water partition coefficient (Wildman–Crippen LogP) is 9.65. The average molecular weight is 775 g/mol. The van der Waals surface area contributed by atoms with Crippen molar-refractivity contribution in [3.05, 3.63) is 24.3 Å². The number of ketones is 1. The maximum absolute atomic E-state index is 12.6. The van der Waals surface area contributed by atoms with Crippen molar-refractivity contribution in [3.63, 3.8) is 0 Å². The highest BCUT2D eigenvalue weighted by Gasteiger charge is 2.27. The fraction of sp³-hybridized carbons (Fsp3) is 0.829. The molecule has 0 amide bonds. The number of carbonyl (C=O) groups excluding carboxylic acids is 3. The Kier molecular flexibility index (Phi) is 34.5.